The molecule has 0 radical (unpaired) electrons. The number of aliphatic hydroxyl groups is 1. The Kier molecular flexibility index (Phi) is 68.1. The zero-order chi connectivity index (χ0) is 72.3. The molecule has 0 amide bonds. The average molecular weight is 1440 g/mol. The van der Waals surface area contributed by atoms with Gasteiger partial charge in [-0.3, -0.25) is 37.3 Å². The molecule has 0 aliphatic rings. The number of phosphoric acid groups is 2. The summed E-state index contributed by atoms with van der Waals surface area (Å²) in [7, 11) is -9.92. The first-order valence-corrected chi connectivity index (χ1v) is 43.9. The number of ether oxygens (including phenoxy) is 4. The number of phosphoric ester groups is 2. The molecule has 0 fully saturated rings. The Hall–Kier alpha value is -1.94. The topological polar surface area (TPSA) is 237 Å². The van der Waals surface area contributed by atoms with E-state index in [0.717, 1.165) is 108 Å². The maximum absolute atomic E-state index is 13.1. The van der Waals surface area contributed by atoms with Crippen molar-refractivity contribution in [1.29, 1.82) is 0 Å². The normalized spacial score (nSPS) is 14.3. The van der Waals surface area contributed by atoms with Gasteiger partial charge in [0.1, 0.15) is 19.3 Å². The molecule has 0 aromatic heterocycles. The van der Waals surface area contributed by atoms with E-state index in [1.807, 2.05) is 0 Å². The average Bonchev–Trinajstić information content (AvgIpc) is 1.08. The van der Waals surface area contributed by atoms with E-state index in [0.29, 0.717) is 25.7 Å². The minimum atomic E-state index is -4.96. The Labute approximate surface area is 600 Å². The van der Waals surface area contributed by atoms with Crippen LogP contribution in [0.25, 0.3) is 0 Å². The van der Waals surface area contributed by atoms with E-state index in [1.54, 1.807) is 0 Å². The Morgan fingerprint density at radius 2 is 0.520 bits per heavy atom. The maximum atomic E-state index is 13.1. The van der Waals surface area contributed by atoms with Gasteiger partial charge in [0.25, 0.3) is 0 Å². The molecular formula is C79H154O17P2. The van der Waals surface area contributed by atoms with Gasteiger partial charge in [-0.05, 0) is 43.4 Å². The number of unbranched alkanes of at least 4 members (excludes halogenated alkanes) is 44. The number of hydrogen-bond acceptors (Lipinski definition) is 15. The molecule has 0 aromatic carbocycles. The van der Waals surface area contributed by atoms with Crippen molar-refractivity contribution in [3.8, 4) is 0 Å². The second kappa shape index (κ2) is 69.4. The largest absolute Gasteiger partial charge is 0.472 e. The molecule has 0 saturated heterocycles. The summed E-state index contributed by atoms with van der Waals surface area (Å²) in [5.41, 5.74) is 0. The Morgan fingerprint density at radius 1 is 0.296 bits per heavy atom. The third kappa shape index (κ3) is 71.1. The van der Waals surface area contributed by atoms with Gasteiger partial charge in [0.15, 0.2) is 12.2 Å². The number of esters is 4. The smallest absolute Gasteiger partial charge is 0.462 e. The molecule has 17 nitrogen and oxygen atoms in total. The fraction of sp³-hybridized carbons (Fsp3) is 0.949. The first kappa shape index (κ1) is 96.1. The van der Waals surface area contributed by atoms with Crippen LogP contribution in [0, 0.1) is 17.8 Å². The van der Waals surface area contributed by atoms with Crippen molar-refractivity contribution in [3.63, 3.8) is 0 Å². The SMILES string of the molecule is CCCCCCCCCCCCCCCCC(=O)O[C@H](COC(=O)CCCCCCCCCCC(C)CC)COP(=O)(O)OC[C@H](O)COP(=O)(O)OC[C@@H](COC(=O)CCCCCCCCCCCCCCC(C)C)OC(=O)CCCCCCCCCCCCCCCCC(C)C. The van der Waals surface area contributed by atoms with Crippen LogP contribution in [-0.4, -0.2) is 96.7 Å². The highest BCUT2D eigenvalue weighted by atomic mass is 31.2. The van der Waals surface area contributed by atoms with Crippen LogP contribution in [0.1, 0.15) is 408 Å². The van der Waals surface area contributed by atoms with Gasteiger partial charge in [-0.25, -0.2) is 9.13 Å². The molecule has 582 valence electrons. The van der Waals surface area contributed by atoms with Gasteiger partial charge in [-0.1, -0.05) is 357 Å². The minimum Gasteiger partial charge on any atom is -0.462 e. The van der Waals surface area contributed by atoms with Crippen LogP contribution in [0.3, 0.4) is 0 Å². The Balaban J connectivity index is 5.27. The highest BCUT2D eigenvalue weighted by Gasteiger charge is 2.30. The first-order valence-electron chi connectivity index (χ1n) is 40.9. The van der Waals surface area contributed by atoms with Crippen LogP contribution in [0.15, 0.2) is 0 Å². The van der Waals surface area contributed by atoms with Crippen molar-refractivity contribution in [3.05, 3.63) is 0 Å². The molecule has 0 rings (SSSR count). The first-order chi connectivity index (χ1) is 47.3. The molecule has 0 heterocycles. The molecule has 0 spiro atoms. The minimum absolute atomic E-state index is 0.107. The summed E-state index contributed by atoms with van der Waals surface area (Å²) < 4.78 is 68.7. The van der Waals surface area contributed by atoms with E-state index in [9.17, 15) is 43.2 Å². The Morgan fingerprint density at radius 3 is 0.776 bits per heavy atom. The fourth-order valence-corrected chi connectivity index (χ4v) is 13.7. The molecular weight excluding hydrogens is 1280 g/mol. The summed E-state index contributed by atoms with van der Waals surface area (Å²) >= 11 is 0. The zero-order valence-corrected chi connectivity index (χ0v) is 66.0. The van der Waals surface area contributed by atoms with Gasteiger partial charge in [0.05, 0.1) is 26.4 Å². The molecule has 0 saturated carbocycles. The third-order valence-electron chi connectivity index (χ3n) is 18.7. The van der Waals surface area contributed by atoms with Crippen molar-refractivity contribution < 1.29 is 80.2 Å². The summed E-state index contributed by atoms with van der Waals surface area (Å²) in [6.45, 7) is 12.0. The van der Waals surface area contributed by atoms with Gasteiger partial charge in [-0.15, -0.1) is 0 Å². The fourth-order valence-electron chi connectivity index (χ4n) is 12.1. The predicted molar refractivity (Wildman–Crippen MR) is 400 cm³/mol. The number of hydrogen-bond donors (Lipinski definition) is 3. The van der Waals surface area contributed by atoms with Gasteiger partial charge in [0.2, 0.25) is 0 Å². The van der Waals surface area contributed by atoms with Gasteiger partial charge >= 0.3 is 39.5 Å². The summed E-state index contributed by atoms with van der Waals surface area (Å²) in [4.78, 5) is 73.0. The molecule has 0 aliphatic carbocycles. The van der Waals surface area contributed by atoms with E-state index in [-0.39, 0.29) is 25.7 Å². The molecule has 3 unspecified atom stereocenters. The quantitative estimate of drug-likeness (QED) is 0.0222. The van der Waals surface area contributed by atoms with Gasteiger partial charge in [0, 0.05) is 25.7 Å². The van der Waals surface area contributed by atoms with Crippen molar-refractivity contribution in [1.82, 2.24) is 0 Å². The zero-order valence-electron chi connectivity index (χ0n) is 64.3. The summed E-state index contributed by atoms with van der Waals surface area (Å²) in [5.74, 6) is 0.243. The van der Waals surface area contributed by atoms with Crippen LogP contribution in [0.4, 0.5) is 0 Å². The summed E-state index contributed by atoms with van der Waals surface area (Å²) in [6.07, 6.45) is 56.7. The monoisotopic (exact) mass is 1440 g/mol. The standard InChI is InChI=1S/C79H154O17P2/c1-8-10-11-12-13-14-15-16-20-27-32-41-48-55-62-78(83)96-75(67-90-77(82)61-54-47-40-35-34-38-45-52-59-72(7)9-2)69-94-98(87,88)92-65-73(80)64-91-97(85,86)93-68-74(66-89-76(81)60-53-46-39-31-26-23-22-25-30-37-44-51-58-71(5)6)95-79(84)63-56-49-42-33-28-21-18-17-19-24-29-36-43-50-57-70(3)4/h70-75,80H,8-69H2,1-7H3,(H,85,86)(H,87,88)/t72?,73-,74-,75-/m1/s1. The molecule has 0 bridgehead atoms. The van der Waals surface area contributed by atoms with Gasteiger partial charge in [-0.2, -0.15) is 0 Å². The molecule has 0 aliphatic heterocycles. The highest BCUT2D eigenvalue weighted by Crippen LogP contribution is 2.45. The second-order valence-electron chi connectivity index (χ2n) is 29.6. The van der Waals surface area contributed by atoms with Crippen molar-refractivity contribution in [2.45, 2.75) is 426 Å². The number of carbonyl (C=O) groups excluding carboxylic acids is 4. The molecule has 0 aromatic rings. The lowest BCUT2D eigenvalue weighted by atomic mass is 9.99. The molecule has 6 atom stereocenters. The lowest BCUT2D eigenvalue weighted by molar-refractivity contribution is -0.161. The van der Waals surface area contributed by atoms with E-state index >= 15 is 0 Å². The lowest BCUT2D eigenvalue weighted by Gasteiger charge is -2.21. The summed E-state index contributed by atoms with van der Waals surface area (Å²) in [5, 5.41) is 10.6. The number of carbonyl (C=O) groups is 4. The maximum Gasteiger partial charge on any atom is 0.472 e. The van der Waals surface area contributed by atoms with Crippen molar-refractivity contribution in [2.75, 3.05) is 39.6 Å². The van der Waals surface area contributed by atoms with E-state index in [1.165, 1.54) is 218 Å². The van der Waals surface area contributed by atoms with Crippen LogP contribution >= 0.6 is 15.6 Å². The number of rotatable bonds is 77. The van der Waals surface area contributed by atoms with Crippen LogP contribution < -0.4 is 0 Å². The van der Waals surface area contributed by atoms with E-state index < -0.39 is 97.5 Å². The van der Waals surface area contributed by atoms with Crippen LogP contribution in [0.2, 0.25) is 0 Å². The second-order valence-corrected chi connectivity index (χ2v) is 32.6. The van der Waals surface area contributed by atoms with E-state index in [2.05, 4.69) is 48.5 Å². The van der Waals surface area contributed by atoms with Crippen molar-refractivity contribution in [2.24, 2.45) is 17.8 Å². The molecule has 98 heavy (non-hydrogen) atoms. The predicted octanol–water partition coefficient (Wildman–Crippen LogP) is 23.4. The van der Waals surface area contributed by atoms with Crippen LogP contribution in [0.5, 0.6) is 0 Å². The Bertz CT molecular complexity index is 1910. The van der Waals surface area contributed by atoms with Gasteiger partial charge < -0.3 is 33.8 Å². The molecule has 19 heteroatoms. The third-order valence-corrected chi connectivity index (χ3v) is 20.6. The summed E-state index contributed by atoms with van der Waals surface area (Å²) in [6, 6.07) is 0. The van der Waals surface area contributed by atoms with Crippen LogP contribution in [-0.2, 0) is 65.4 Å². The lowest BCUT2D eigenvalue weighted by Crippen LogP contribution is -2.30. The highest BCUT2D eigenvalue weighted by molar-refractivity contribution is 7.47. The van der Waals surface area contributed by atoms with E-state index in [4.69, 9.17) is 37.0 Å². The molecule has 3 N–H and O–H groups in total. The van der Waals surface area contributed by atoms with Crippen molar-refractivity contribution >= 4 is 39.5 Å². The number of aliphatic hydroxyl groups excluding tert-OH is 1.